The lowest BCUT2D eigenvalue weighted by molar-refractivity contribution is -0.132. The van der Waals surface area contributed by atoms with Crippen LogP contribution in [0.4, 0.5) is 4.79 Å². The Balaban J connectivity index is 1.59. The van der Waals surface area contributed by atoms with Gasteiger partial charge in [0.2, 0.25) is 0 Å². The fourth-order valence-electron chi connectivity index (χ4n) is 3.33. The first-order chi connectivity index (χ1) is 14.3. The van der Waals surface area contributed by atoms with E-state index in [0.29, 0.717) is 11.3 Å². The number of amides is 3. The molecule has 0 N–H and O–H groups in total. The number of carbonyl (C=O) groups is 3. The first kappa shape index (κ1) is 21.1. The van der Waals surface area contributed by atoms with E-state index in [1.165, 1.54) is 4.90 Å². The minimum atomic E-state index is -1.05. The molecule has 154 valence electrons. The number of Topliss-reactive ketones (excluding diaryl/α,β-unsaturated/α-hetero) is 1. The largest absolute Gasteiger partial charge is 0.486 e. The highest BCUT2D eigenvalue weighted by atomic mass is 16.5. The van der Waals surface area contributed by atoms with Crippen LogP contribution < -0.4 is 4.74 Å². The summed E-state index contributed by atoms with van der Waals surface area (Å²) in [6, 6.07) is 16.1. The molecule has 0 unspecified atom stereocenters. The number of rotatable bonds is 7. The van der Waals surface area contributed by atoms with Crippen LogP contribution in [0.1, 0.15) is 26.3 Å². The van der Waals surface area contributed by atoms with E-state index in [1.54, 1.807) is 45.0 Å². The Morgan fingerprint density at radius 1 is 1.03 bits per heavy atom. The van der Waals surface area contributed by atoms with Crippen molar-refractivity contribution in [3.05, 3.63) is 54.1 Å². The summed E-state index contributed by atoms with van der Waals surface area (Å²) in [7, 11) is 0. The topological polar surface area (TPSA) is 90.7 Å². The number of nitrogens with zero attached hydrogens (tertiary/aromatic N) is 3. The molecule has 1 heterocycles. The van der Waals surface area contributed by atoms with E-state index in [9.17, 15) is 14.4 Å². The second-order valence-electron chi connectivity index (χ2n) is 7.52. The summed E-state index contributed by atoms with van der Waals surface area (Å²) in [6.07, 6.45) is 0. The van der Waals surface area contributed by atoms with Crippen LogP contribution in [0.3, 0.4) is 0 Å². The van der Waals surface area contributed by atoms with Crippen molar-refractivity contribution in [1.82, 2.24) is 9.80 Å². The standard InChI is InChI=1S/C23H23N3O4/c1-4-25-21(28)23(2,3)26(22(25)29)14-19(27)15-30-20-11-9-18(10-12-20)17-7-5-16(13-24)6-8-17/h5-12H,4,14-15H2,1-3H3. The molecule has 7 heteroatoms. The number of ether oxygens (including phenoxy) is 1. The molecular formula is C23H23N3O4. The summed E-state index contributed by atoms with van der Waals surface area (Å²) in [4.78, 5) is 39.6. The molecule has 0 saturated carbocycles. The Labute approximate surface area is 175 Å². The lowest BCUT2D eigenvalue weighted by atomic mass is 10.0. The third-order valence-corrected chi connectivity index (χ3v) is 5.16. The van der Waals surface area contributed by atoms with E-state index in [0.717, 1.165) is 16.0 Å². The van der Waals surface area contributed by atoms with Crippen molar-refractivity contribution in [2.24, 2.45) is 0 Å². The van der Waals surface area contributed by atoms with Crippen LogP contribution in [0.25, 0.3) is 11.1 Å². The Morgan fingerprint density at radius 3 is 2.10 bits per heavy atom. The number of carbonyl (C=O) groups excluding carboxylic acids is 3. The van der Waals surface area contributed by atoms with E-state index in [-0.39, 0.29) is 31.4 Å². The maximum absolute atomic E-state index is 12.4. The van der Waals surface area contributed by atoms with Gasteiger partial charge in [-0.1, -0.05) is 24.3 Å². The quantitative estimate of drug-likeness (QED) is 0.660. The van der Waals surface area contributed by atoms with E-state index < -0.39 is 11.6 Å². The number of imide groups is 1. The van der Waals surface area contributed by atoms with Crippen LogP contribution in [0.15, 0.2) is 48.5 Å². The number of benzene rings is 2. The normalized spacial score (nSPS) is 15.3. The van der Waals surface area contributed by atoms with Gasteiger partial charge in [0.1, 0.15) is 17.9 Å². The smallest absolute Gasteiger partial charge is 0.328 e. The highest BCUT2D eigenvalue weighted by Crippen LogP contribution is 2.27. The number of hydrogen-bond acceptors (Lipinski definition) is 5. The first-order valence-corrected chi connectivity index (χ1v) is 9.66. The molecule has 1 aliphatic heterocycles. The lowest BCUT2D eigenvalue weighted by Crippen LogP contribution is -2.47. The zero-order valence-corrected chi connectivity index (χ0v) is 17.2. The van der Waals surface area contributed by atoms with Crippen LogP contribution in [-0.4, -0.2) is 52.8 Å². The molecular weight excluding hydrogens is 382 g/mol. The highest BCUT2D eigenvalue weighted by molar-refractivity contribution is 6.07. The van der Waals surface area contributed by atoms with Crippen molar-refractivity contribution < 1.29 is 19.1 Å². The van der Waals surface area contributed by atoms with Crippen molar-refractivity contribution in [3.63, 3.8) is 0 Å². The van der Waals surface area contributed by atoms with Crippen LogP contribution in [0.5, 0.6) is 5.75 Å². The van der Waals surface area contributed by atoms with E-state index in [1.807, 2.05) is 24.3 Å². The summed E-state index contributed by atoms with van der Waals surface area (Å²) >= 11 is 0. The van der Waals surface area contributed by atoms with Gasteiger partial charge in [-0.05, 0) is 56.2 Å². The van der Waals surface area contributed by atoms with Crippen molar-refractivity contribution in [2.45, 2.75) is 26.3 Å². The minimum absolute atomic E-state index is 0.183. The van der Waals surface area contributed by atoms with Gasteiger partial charge in [-0.25, -0.2) is 4.79 Å². The Bertz CT molecular complexity index is 1000. The van der Waals surface area contributed by atoms with E-state index in [2.05, 4.69) is 6.07 Å². The van der Waals surface area contributed by atoms with Crippen molar-refractivity contribution >= 4 is 17.7 Å². The molecule has 3 amide bonds. The van der Waals surface area contributed by atoms with Gasteiger partial charge in [-0.15, -0.1) is 0 Å². The predicted molar refractivity (Wildman–Crippen MR) is 111 cm³/mol. The van der Waals surface area contributed by atoms with Crippen molar-refractivity contribution in [1.29, 1.82) is 5.26 Å². The van der Waals surface area contributed by atoms with Crippen LogP contribution >= 0.6 is 0 Å². The molecule has 0 atom stereocenters. The van der Waals surface area contributed by atoms with Crippen LogP contribution in [0, 0.1) is 11.3 Å². The monoisotopic (exact) mass is 405 g/mol. The lowest BCUT2D eigenvalue weighted by Gasteiger charge is -2.26. The van der Waals surface area contributed by atoms with Gasteiger partial charge in [-0.3, -0.25) is 14.5 Å². The maximum atomic E-state index is 12.4. The predicted octanol–water partition coefficient (Wildman–Crippen LogP) is 3.24. The number of likely N-dealkylation sites (N-methyl/N-ethyl adjacent to an activating group) is 1. The number of nitriles is 1. The van der Waals surface area contributed by atoms with Gasteiger partial charge in [0.25, 0.3) is 5.91 Å². The molecule has 0 aromatic heterocycles. The zero-order chi connectivity index (χ0) is 21.9. The fraction of sp³-hybridized carbons (Fsp3) is 0.304. The van der Waals surface area contributed by atoms with Gasteiger partial charge in [0.15, 0.2) is 5.78 Å². The first-order valence-electron chi connectivity index (χ1n) is 9.66. The molecule has 1 fully saturated rings. The van der Waals surface area contributed by atoms with Gasteiger partial charge in [-0.2, -0.15) is 5.26 Å². The summed E-state index contributed by atoms with van der Waals surface area (Å²) in [5.74, 6) is -0.0699. The molecule has 0 spiro atoms. The average Bonchev–Trinajstić information content (AvgIpc) is 2.91. The fourth-order valence-corrected chi connectivity index (χ4v) is 3.33. The Morgan fingerprint density at radius 2 is 1.60 bits per heavy atom. The summed E-state index contributed by atoms with van der Waals surface area (Å²) in [5.41, 5.74) is 1.48. The van der Waals surface area contributed by atoms with Gasteiger partial charge in [0.05, 0.1) is 18.2 Å². The van der Waals surface area contributed by atoms with Crippen molar-refractivity contribution in [2.75, 3.05) is 19.7 Å². The van der Waals surface area contributed by atoms with E-state index in [4.69, 9.17) is 10.00 Å². The van der Waals surface area contributed by atoms with Crippen LogP contribution in [-0.2, 0) is 9.59 Å². The molecule has 0 bridgehead atoms. The molecule has 2 aromatic rings. The minimum Gasteiger partial charge on any atom is -0.486 e. The Hall–Kier alpha value is -3.66. The SMILES string of the molecule is CCN1C(=O)N(CC(=O)COc2ccc(-c3ccc(C#N)cc3)cc2)C(C)(C)C1=O. The van der Waals surface area contributed by atoms with Gasteiger partial charge < -0.3 is 9.64 Å². The molecule has 2 aromatic carbocycles. The average molecular weight is 405 g/mol. The van der Waals surface area contributed by atoms with Crippen LogP contribution in [0.2, 0.25) is 0 Å². The molecule has 1 saturated heterocycles. The number of hydrogen-bond donors (Lipinski definition) is 0. The molecule has 0 radical (unpaired) electrons. The molecule has 1 aliphatic rings. The molecule has 3 rings (SSSR count). The summed E-state index contributed by atoms with van der Waals surface area (Å²) in [5, 5.41) is 8.88. The molecule has 7 nitrogen and oxygen atoms in total. The summed E-state index contributed by atoms with van der Waals surface area (Å²) < 4.78 is 5.56. The number of urea groups is 1. The Kier molecular flexibility index (Phi) is 5.88. The molecule has 0 aliphatic carbocycles. The maximum Gasteiger partial charge on any atom is 0.328 e. The third-order valence-electron chi connectivity index (χ3n) is 5.16. The second kappa shape index (κ2) is 8.37. The van der Waals surface area contributed by atoms with Gasteiger partial charge >= 0.3 is 6.03 Å². The van der Waals surface area contributed by atoms with E-state index >= 15 is 0 Å². The van der Waals surface area contributed by atoms with Gasteiger partial charge in [0, 0.05) is 6.54 Å². The zero-order valence-electron chi connectivity index (χ0n) is 17.2. The third kappa shape index (κ3) is 4.03. The number of ketones is 1. The van der Waals surface area contributed by atoms with Crippen molar-refractivity contribution in [3.8, 4) is 22.9 Å². The molecule has 30 heavy (non-hydrogen) atoms. The highest BCUT2D eigenvalue weighted by Gasteiger charge is 2.50. The second-order valence-corrected chi connectivity index (χ2v) is 7.52. The summed E-state index contributed by atoms with van der Waals surface area (Å²) in [6.45, 7) is 4.89.